The van der Waals surface area contributed by atoms with Crippen molar-refractivity contribution in [1.82, 2.24) is 40.4 Å². The van der Waals surface area contributed by atoms with Crippen molar-refractivity contribution in [2.45, 2.75) is 95.5 Å². The number of amides is 4. The highest BCUT2D eigenvalue weighted by molar-refractivity contribution is 6.05. The molecule has 2 bridgehead atoms. The highest BCUT2D eigenvalue weighted by Gasteiger charge is 2.61. The minimum absolute atomic E-state index is 0.0263. The minimum Gasteiger partial charge on any atom is -0.453 e. The molecule has 3 aliphatic heterocycles. The van der Waals surface area contributed by atoms with E-state index in [1.165, 1.54) is 14.2 Å². The van der Waals surface area contributed by atoms with Crippen molar-refractivity contribution in [1.29, 1.82) is 0 Å². The Morgan fingerprint density at radius 2 is 1.54 bits per heavy atom. The standard InChI is InChI=1S/C48H56N8O7/c1-24(2)38(53-47(59)61-4)45(57)56-37(22-34-25(3)41(34)56)43-50-35-15-12-30-20-29(11-14-33(30)40(35)52-43)26-6-8-27(9-7-26)36-23-49-44(51-36)42-31-10-13-32(21-31)55(42)46(58)39(54-48(60)62-5)28-16-18-63-19-17-28/h6-9,11-12,14-15,20,23-25,28,31-32,34,37-39,41-42H,10,13,16-19,21-22H2,1-5H3,(H,49,51)(H,50,52)(H,53,59)(H,54,60)/t25-,31+,32-,34+,37+,38+,39+,41-,42?/m1/s1. The van der Waals surface area contributed by atoms with Crippen LogP contribution in [-0.2, 0) is 23.8 Å². The fourth-order valence-corrected chi connectivity index (χ4v) is 11.4. The molecule has 9 atom stereocenters. The highest BCUT2D eigenvalue weighted by atomic mass is 16.5. The molecule has 15 heteroatoms. The number of nitrogens with one attached hydrogen (secondary N) is 4. The molecule has 4 amide bonds. The lowest BCUT2D eigenvalue weighted by Gasteiger charge is -2.39. The van der Waals surface area contributed by atoms with Crippen molar-refractivity contribution in [2.75, 3.05) is 27.4 Å². The van der Waals surface area contributed by atoms with Crippen LogP contribution in [-0.4, -0.2) is 105 Å². The van der Waals surface area contributed by atoms with E-state index in [9.17, 15) is 19.2 Å². The quantitative estimate of drug-likeness (QED) is 0.112. The number of nitrogens with zero attached hydrogens (tertiary/aromatic N) is 4. The van der Waals surface area contributed by atoms with Gasteiger partial charge in [0.05, 0.1) is 49.2 Å². The maximum Gasteiger partial charge on any atom is 0.407 e. The van der Waals surface area contributed by atoms with Crippen molar-refractivity contribution in [3.8, 4) is 22.4 Å². The first kappa shape index (κ1) is 41.1. The number of ether oxygens (including phenoxy) is 3. The molecule has 3 saturated heterocycles. The van der Waals surface area contributed by atoms with Crippen LogP contribution in [0.1, 0.15) is 83.0 Å². The first-order valence-electron chi connectivity index (χ1n) is 22.5. The Hall–Kier alpha value is -5.96. The molecule has 2 saturated carbocycles. The molecule has 5 fully saturated rings. The second kappa shape index (κ2) is 16.3. The summed E-state index contributed by atoms with van der Waals surface area (Å²) in [7, 11) is 2.63. The first-order valence-corrected chi connectivity index (χ1v) is 22.5. The second-order valence-electron chi connectivity index (χ2n) is 18.6. The molecule has 5 aliphatic rings. The van der Waals surface area contributed by atoms with Crippen molar-refractivity contribution < 1.29 is 33.4 Å². The average Bonchev–Trinajstić information content (AvgIpc) is 4.04. The Labute approximate surface area is 366 Å². The third-order valence-corrected chi connectivity index (χ3v) is 14.8. The number of imidazole rings is 2. The summed E-state index contributed by atoms with van der Waals surface area (Å²) < 4.78 is 15.4. The van der Waals surface area contributed by atoms with Crippen molar-refractivity contribution in [2.24, 2.45) is 29.6 Å². The minimum atomic E-state index is -0.698. The van der Waals surface area contributed by atoms with Crippen LogP contribution in [0.3, 0.4) is 0 Å². The van der Waals surface area contributed by atoms with Gasteiger partial charge in [-0.25, -0.2) is 19.6 Å². The normalized spacial score (nSPS) is 26.2. The number of carbonyl (C=O) groups excluding carboxylic acids is 4. The Bertz CT molecular complexity index is 2560. The summed E-state index contributed by atoms with van der Waals surface area (Å²) in [6.07, 6.45) is 5.77. The summed E-state index contributed by atoms with van der Waals surface area (Å²) in [6.45, 7) is 7.18. The number of hydrogen-bond acceptors (Lipinski definition) is 9. The maximum absolute atomic E-state index is 14.4. The van der Waals surface area contributed by atoms with Crippen LogP contribution in [0.5, 0.6) is 0 Å². The SMILES string of the molecule is COC(=O)N[C@H](C(=O)N1[C@@H]2[C@H](C)[C@@H]2C[C@H]1c1nc2c(ccc3cc(-c4ccc(-c5cnc(C6[C@H]7CC[C@H](C7)N6C(=O)[C@@H](NC(=O)OC)C6CCOCC6)[nH]5)cc4)ccc32)[nH]1)C(C)C. The maximum atomic E-state index is 14.4. The third-order valence-electron chi connectivity index (χ3n) is 14.8. The molecule has 63 heavy (non-hydrogen) atoms. The van der Waals surface area contributed by atoms with Gasteiger partial charge in [0.2, 0.25) is 11.8 Å². The fraction of sp³-hybridized carbons (Fsp3) is 0.500. The Morgan fingerprint density at radius 3 is 2.29 bits per heavy atom. The van der Waals surface area contributed by atoms with E-state index in [0.717, 1.165) is 81.5 Å². The molecular weight excluding hydrogens is 801 g/mol. The number of aromatic amines is 2. The number of benzene rings is 3. The molecule has 0 spiro atoms. The van der Waals surface area contributed by atoms with Crippen LogP contribution < -0.4 is 10.6 Å². The van der Waals surface area contributed by atoms with Gasteiger partial charge in [-0.1, -0.05) is 63.2 Å². The van der Waals surface area contributed by atoms with E-state index in [1.807, 2.05) is 29.8 Å². The number of alkyl carbamates (subject to hydrolysis) is 2. The van der Waals surface area contributed by atoms with Gasteiger partial charge in [-0.05, 0) is 102 Å². The van der Waals surface area contributed by atoms with Crippen LogP contribution in [0.25, 0.3) is 44.2 Å². The number of rotatable bonds is 10. The number of hydrogen-bond donors (Lipinski definition) is 4. The third kappa shape index (κ3) is 7.27. The number of fused-ring (bicyclic) bond motifs is 6. The summed E-state index contributed by atoms with van der Waals surface area (Å²) >= 11 is 0. The van der Waals surface area contributed by atoms with E-state index in [0.29, 0.717) is 43.8 Å². The summed E-state index contributed by atoms with van der Waals surface area (Å²) in [5.74, 6) is 2.33. The summed E-state index contributed by atoms with van der Waals surface area (Å²) in [4.78, 5) is 74.2. The van der Waals surface area contributed by atoms with Crippen molar-refractivity contribution in [3.05, 3.63) is 72.4 Å². The van der Waals surface area contributed by atoms with E-state index in [-0.39, 0.29) is 47.8 Å². The van der Waals surface area contributed by atoms with Gasteiger partial charge in [-0.3, -0.25) is 9.59 Å². The van der Waals surface area contributed by atoms with Gasteiger partial charge in [-0.2, -0.15) is 0 Å². The second-order valence-corrected chi connectivity index (χ2v) is 18.6. The molecule has 10 rings (SSSR count). The lowest BCUT2D eigenvalue weighted by molar-refractivity contribution is -0.140. The van der Waals surface area contributed by atoms with E-state index in [1.54, 1.807) is 0 Å². The monoisotopic (exact) mass is 856 g/mol. The first-order chi connectivity index (χ1) is 30.5. The lowest BCUT2D eigenvalue weighted by atomic mass is 9.89. The molecule has 4 N–H and O–H groups in total. The number of aromatic nitrogens is 4. The van der Waals surface area contributed by atoms with Gasteiger partial charge in [0.25, 0.3) is 0 Å². The van der Waals surface area contributed by atoms with Gasteiger partial charge in [0.15, 0.2) is 0 Å². The predicted molar refractivity (Wildman–Crippen MR) is 235 cm³/mol. The number of H-pyrrole nitrogens is 2. The van der Waals surface area contributed by atoms with Crippen molar-refractivity contribution in [3.63, 3.8) is 0 Å². The molecule has 2 aliphatic carbocycles. The van der Waals surface area contributed by atoms with Gasteiger partial charge in [0, 0.05) is 30.7 Å². The van der Waals surface area contributed by atoms with Crippen LogP contribution in [0.2, 0.25) is 0 Å². The topological polar surface area (TPSA) is 184 Å². The number of likely N-dealkylation sites (tertiary alicyclic amines) is 2. The van der Waals surface area contributed by atoms with Crippen LogP contribution in [0.4, 0.5) is 9.59 Å². The average molecular weight is 857 g/mol. The summed E-state index contributed by atoms with van der Waals surface area (Å²) in [5, 5.41) is 7.73. The number of carbonyl (C=O) groups is 4. The van der Waals surface area contributed by atoms with Gasteiger partial charge >= 0.3 is 12.2 Å². The van der Waals surface area contributed by atoms with Crippen molar-refractivity contribution >= 4 is 45.8 Å². The smallest absolute Gasteiger partial charge is 0.407 e. The molecule has 15 nitrogen and oxygen atoms in total. The van der Waals surface area contributed by atoms with Gasteiger partial charge < -0.3 is 44.6 Å². The fourth-order valence-electron chi connectivity index (χ4n) is 11.4. The molecule has 1 unspecified atom stereocenters. The van der Waals surface area contributed by atoms with Gasteiger partial charge in [-0.15, -0.1) is 0 Å². The van der Waals surface area contributed by atoms with E-state index in [4.69, 9.17) is 24.2 Å². The molecule has 3 aromatic carbocycles. The van der Waals surface area contributed by atoms with Crippen LogP contribution in [0.15, 0.2) is 60.8 Å². The zero-order valence-electron chi connectivity index (χ0n) is 36.4. The Kier molecular flexibility index (Phi) is 10.6. The molecule has 5 heterocycles. The summed E-state index contributed by atoms with van der Waals surface area (Å²) in [6, 6.07) is 17.5. The number of methoxy groups -OCH3 is 2. The Morgan fingerprint density at radius 1 is 0.810 bits per heavy atom. The summed E-state index contributed by atoms with van der Waals surface area (Å²) in [5.41, 5.74) is 5.79. The van der Waals surface area contributed by atoms with E-state index in [2.05, 4.69) is 82.1 Å². The predicted octanol–water partition coefficient (Wildman–Crippen LogP) is 7.26. The molecule has 330 valence electrons. The highest BCUT2D eigenvalue weighted by Crippen LogP contribution is 2.58. The van der Waals surface area contributed by atoms with Crippen LogP contribution in [0, 0.1) is 29.6 Å². The van der Waals surface area contributed by atoms with E-state index < -0.39 is 24.3 Å². The lowest BCUT2D eigenvalue weighted by Crippen LogP contribution is -2.55. The molecule has 2 aromatic heterocycles. The zero-order chi connectivity index (χ0) is 43.7. The molecular formula is C48H56N8O7. The van der Waals surface area contributed by atoms with E-state index >= 15 is 0 Å². The molecule has 5 aromatic rings. The molecule has 0 radical (unpaired) electrons. The number of piperidine rings is 2. The zero-order valence-corrected chi connectivity index (χ0v) is 36.4. The Balaban J connectivity index is 0.869. The van der Waals surface area contributed by atoms with Gasteiger partial charge in [0.1, 0.15) is 23.7 Å². The van der Waals surface area contributed by atoms with Crippen LogP contribution >= 0.6 is 0 Å². The largest absolute Gasteiger partial charge is 0.453 e.